The van der Waals surface area contributed by atoms with Gasteiger partial charge in [0.2, 0.25) is 0 Å². The highest BCUT2D eigenvalue weighted by atomic mass is 16.7. The smallest absolute Gasteiger partial charge is 0.175 e. The Kier molecular flexibility index (Phi) is 3.22. The molecule has 2 rings (SSSR count). The number of carbonyl (C=O) groups is 1. The minimum Gasteiger partial charge on any atom is -0.347 e. The molecule has 1 atom stereocenters. The van der Waals surface area contributed by atoms with Crippen LogP contribution < -0.4 is 0 Å². The SMILES string of the molecule is CC/C=C/C1CCC2(CC1=O)OCCO2. The van der Waals surface area contributed by atoms with E-state index in [4.69, 9.17) is 9.47 Å². The fraction of sp³-hybridized carbons (Fsp3) is 0.750. The molecule has 84 valence electrons. The highest BCUT2D eigenvalue weighted by Crippen LogP contribution is 2.36. The molecule has 0 aromatic rings. The standard InChI is InChI=1S/C12H18O3/c1-2-3-4-10-5-6-12(9-11(10)13)14-7-8-15-12/h3-4,10H,2,5-9H2,1H3/b4-3+. The number of allylic oxidation sites excluding steroid dienone is 2. The minimum atomic E-state index is -0.562. The second kappa shape index (κ2) is 4.45. The van der Waals surface area contributed by atoms with Gasteiger partial charge in [0.25, 0.3) is 0 Å². The molecule has 0 radical (unpaired) electrons. The van der Waals surface area contributed by atoms with Gasteiger partial charge in [0, 0.05) is 12.3 Å². The van der Waals surface area contributed by atoms with Crippen LogP contribution in [0.5, 0.6) is 0 Å². The van der Waals surface area contributed by atoms with E-state index < -0.39 is 5.79 Å². The van der Waals surface area contributed by atoms with Crippen molar-refractivity contribution >= 4 is 5.78 Å². The quantitative estimate of drug-likeness (QED) is 0.654. The fourth-order valence-electron chi connectivity index (χ4n) is 2.27. The Balaban J connectivity index is 1.96. The van der Waals surface area contributed by atoms with Crippen LogP contribution >= 0.6 is 0 Å². The molecule has 2 fully saturated rings. The monoisotopic (exact) mass is 210 g/mol. The lowest BCUT2D eigenvalue weighted by molar-refractivity contribution is -0.184. The molecule has 0 N–H and O–H groups in total. The van der Waals surface area contributed by atoms with Crippen molar-refractivity contribution in [3.8, 4) is 0 Å². The van der Waals surface area contributed by atoms with Crippen LogP contribution in [0.15, 0.2) is 12.2 Å². The van der Waals surface area contributed by atoms with Crippen LogP contribution in [0.4, 0.5) is 0 Å². The van der Waals surface area contributed by atoms with Crippen LogP contribution in [-0.4, -0.2) is 24.8 Å². The average Bonchev–Trinajstić information content (AvgIpc) is 2.66. The Morgan fingerprint density at radius 2 is 2.20 bits per heavy atom. The zero-order chi connectivity index (χ0) is 10.7. The van der Waals surface area contributed by atoms with Crippen molar-refractivity contribution in [2.75, 3.05) is 13.2 Å². The zero-order valence-corrected chi connectivity index (χ0v) is 9.20. The molecule has 1 unspecified atom stereocenters. The van der Waals surface area contributed by atoms with Crippen LogP contribution in [0.25, 0.3) is 0 Å². The normalized spacial score (nSPS) is 30.5. The van der Waals surface area contributed by atoms with E-state index in [1.165, 1.54) is 0 Å². The highest BCUT2D eigenvalue weighted by Gasteiger charge is 2.43. The maximum atomic E-state index is 11.9. The molecule has 1 aliphatic carbocycles. The second-order valence-electron chi connectivity index (χ2n) is 4.23. The van der Waals surface area contributed by atoms with E-state index in [0.717, 1.165) is 19.3 Å². The first kappa shape index (κ1) is 10.8. The van der Waals surface area contributed by atoms with Crippen molar-refractivity contribution in [2.45, 2.75) is 38.4 Å². The first-order valence-corrected chi connectivity index (χ1v) is 5.73. The molecule has 1 saturated carbocycles. The van der Waals surface area contributed by atoms with Gasteiger partial charge in [-0.25, -0.2) is 0 Å². The average molecular weight is 210 g/mol. The molecule has 0 aromatic carbocycles. The summed E-state index contributed by atoms with van der Waals surface area (Å²) in [6, 6.07) is 0. The van der Waals surface area contributed by atoms with E-state index in [2.05, 4.69) is 13.0 Å². The Morgan fingerprint density at radius 1 is 1.47 bits per heavy atom. The molecule has 0 amide bonds. The van der Waals surface area contributed by atoms with E-state index >= 15 is 0 Å². The molecule has 2 aliphatic rings. The number of ketones is 1. The Hall–Kier alpha value is -0.670. The second-order valence-corrected chi connectivity index (χ2v) is 4.23. The van der Waals surface area contributed by atoms with Crippen molar-refractivity contribution < 1.29 is 14.3 Å². The Morgan fingerprint density at radius 3 is 2.80 bits per heavy atom. The molecule has 0 bridgehead atoms. The Labute approximate surface area is 90.4 Å². The molecular weight excluding hydrogens is 192 g/mol. The van der Waals surface area contributed by atoms with Crippen molar-refractivity contribution in [3.63, 3.8) is 0 Å². The van der Waals surface area contributed by atoms with Gasteiger partial charge in [-0.15, -0.1) is 0 Å². The minimum absolute atomic E-state index is 0.0865. The molecule has 3 heteroatoms. The number of Topliss-reactive ketones (excluding diaryl/α,β-unsaturated/α-hetero) is 1. The molecule has 1 aliphatic heterocycles. The summed E-state index contributed by atoms with van der Waals surface area (Å²) in [7, 11) is 0. The summed E-state index contributed by atoms with van der Waals surface area (Å²) in [5.74, 6) is -0.218. The van der Waals surface area contributed by atoms with Crippen LogP contribution in [-0.2, 0) is 14.3 Å². The lowest BCUT2D eigenvalue weighted by atomic mass is 9.83. The molecule has 15 heavy (non-hydrogen) atoms. The number of ether oxygens (including phenoxy) is 2. The summed E-state index contributed by atoms with van der Waals surface area (Å²) < 4.78 is 11.1. The van der Waals surface area contributed by atoms with E-state index in [-0.39, 0.29) is 11.7 Å². The van der Waals surface area contributed by atoms with Gasteiger partial charge in [-0.05, 0) is 12.8 Å². The summed E-state index contributed by atoms with van der Waals surface area (Å²) in [6.45, 7) is 3.33. The lowest BCUT2D eigenvalue weighted by Crippen LogP contribution is -2.40. The topological polar surface area (TPSA) is 35.5 Å². The maximum absolute atomic E-state index is 11.9. The van der Waals surface area contributed by atoms with E-state index in [1.54, 1.807) is 0 Å². The van der Waals surface area contributed by atoms with Crippen molar-refractivity contribution in [2.24, 2.45) is 5.92 Å². The first-order valence-electron chi connectivity index (χ1n) is 5.73. The third-order valence-corrected chi connectivity index (χ3v) is 3.11. The number of hydrogen-bond donors (Lipinski definition) is 0. The van der Waals surface area contributed by atoms with Gasteiger partial charge < -0.3 is 9.47 Å². The summed E-state index contributed by atoms with van der Waals surface area (Å²) in [6.07, 6.45) is 7.21. The van der Waals surface area contributed by atoms with E-state index in [0.29, 0.717) is 19.6 Å². The van der Waals surface area contributed by atoms with Crippen LogP contribution in [0, 0.1) is 5.92 Å². The Bertz CT molecular complexity index is 264. The van der Waals surface area contributed by atoms with Gasteiger partial charge in [-0.2, -0.15) is 0 Å². The zero-order valence-electron chi connectivity index (χ0n) is 9.20. The predicted molar refractivity (Wildman–Crippen MR) is 56.4 cm³/mol. The first-order chi connectivity index (χ1) is 7.26. The molecule has 1 spiro atoms. The van der Waals surface area contributed by atoms with Gasteiger partial charge in [0.1, 0.15) is 5.78 Å². The van der Waals surface area contributed by atoms with Crippen molar-refractivity contribution in [1.82, 2.24) is 0 Å². The summed E-state index contributed by atoms with van der Waals surface area (Å²) in [4.78, 5) is 11.9. The summed E-state index contributed by atoms with van der Waals surface area (Å²) in [5, 5.41) is 0. The number of carbonyl (C=O) groups excluding carboxylic acids is 1. The lowest BCUT2D eigenvalue weighted by Gasteiger charge is -2.33. The van der Waals surface area contributed by atoms with Crippen molar-refractivity contribution in [1.29, 1.82) is 0 Å². The number of rotatable bonds is 2. The van der Waals surface area contributed by atoms with Gasteiger partial charge in [-0.3, -0.25) is 4.79 Å². The molecular formula is C12H18O3. The van der Waals surface area contributed by atoms with Gasteiger partial charge in [0.05, 0.1) is 19.6 Å². The van der Waals surface area contributed by atoms with Crippen LogP contribution in [0.3, 0.4) is 0 Å². The van der Waals surface area contributed by atoms with Gasteiger partial charge in [-0.1, -0.05) is 19.1 Å². The fourth-order valence-corrected chi connectivity index (χ4v) is 2.27. The van der Waals surface area contributed by atoms with Crippen LogP contribution in [0.1, 0.15) is 32.6 Å². The molecule has 3 nitrogen and oxygen atoms in total. The molecule has 1 saturated heterocycles. The van der Waals surface area contributed by atoms with E-state index in [9.17, 15) is 4.79 Å². The number of hydrogen-bond acceptors (Lipinski definition) is 3. The van der Waals surface area contributed by atoms with E-state index in [1.807, 2.05) is 6.08 Å². The molecule has 1 heterocycles. The maximum Gasteiger partial charge on any atom is 0.175 e. The van der Waals surface area contributed by atoms with Crippen LogP contribution in [0.2, 0.25) is 0 Å². The predicted octanol–water partition coefficient (Wildman–Crippen LogP) is 2.06. The van der Waals surface area contributed by atoms with Gasteiger partial charge >= 0.3 is 0 Å². The third-order valence-electron chi connectivity index (χ3n) is 3.11. The largest absolute Gasteiger partial charge is 0.347 e. The summed E-state index contributed by atoms with van der Waals surface area (Å²) >= 11 is 0. The van der Waals surface area contributed by atoms with Crippen molar-refractivity contribution in [3.05, 3.63) is 12.2 Å². The summed E-state index contributed by atoms with van der Waals surface area (Å²) in [5.41, 5.74) is 0. The highest BCUT2D eigenvalue weighted by molar-refractivity contribution is 5.84. The third kappa shape index (κ3) is 2.29. The van der Waals surface area contributed by atoms with Gasteiger partial charge in [0.15, 0.2) is 5.79 Å². The molecule has 0 aromatic heterocycles.